The third-order valence-corrected chi connectivity index (χ3v) is 5.25. The lowest BCUT2D eigenvalue weighted by molar-refractivity contribution is 0.0934. The van der Waals surface area contributed by atoms with Gasteiger partial charge in [-0.1, -0.05) is 11.6 Å². The summed E-state index contributed by atoms with van der Waals surface area (Å²) in [6.45, 7) is 1.74. The SMILES string of the molecule is Cc1nn(C)c(Cl)c1C(=O)N[C@@H]1CCSc2ccc(F)cc21. The summed E-state index contributed by atoms with van der Waals surface area (Å²) in [5.74, 6) is 0.308. The highest BCUT2D eigenvalue weighted by atomic mass is 35.5. The second-order valence-electron chi connectivity index (χ2n) is 5.22. The van der Waals surface area contributed by atoms with E-state index in [0.29, 0.717) is 16.4 Å². The fourth-order valence-electron chi connectivity index (χ4n) is 2.63. The van der Waals surface area contributed by atoms with E-state index in [0.717, 1.165) is 22.6 Å². The first-order chi connectivity index (χ1) is 10.5. The highest BCUT2D eigenvalue weighted by molar-refractivity contribution is 7.99. The van der Waals surface area contributed by atoms with Crippen LogP contribution in [0.25, 0.3) is 0 Å². The molecule has 116 valence electrons. The van der Waals surface area contributed by atoms with Gasteiger partial charge in [-0.15, -0.1) is 11.8 Å². The maximum Gasteiger partial charge on any atom is 0.256 e. The Morgan fingerprint density at radius 3 is 3.00 bits per heavy atom. The second-order valence-corrected chi connectivity index (χ2v) is 6.71. The van der Waals surface area contributed by atoms with Crippen molar-refractivity contribution in [2.45, 2.75) is 24.3 Å². The molecule has 1 N–H and O–H groups in total. The van der Waals surface area contributed by atoms with E-state index in [1.807, 2.05) is 0 Å². The van der Waals surface area contributed by atoms with Gasteiger partial charge in [0.05, 0.1) is 17.3 Å². The van der Waals surface area contributed by atoms with Crippen LogP contribution in [0.3, 0.4) is 0 Å². The molecule has 1 aromatic heterocycles. The monoisotopic (exact) mass is 339 g/mol. The van der Waals surface area contributed by atoms with Gasteiger partial charge in [0.2, 0.25) is 0 Å². The summed E-state index contributed by atoms with van der Waals surface area (Å²) in [6, 6.07) is 4.48. The van der Waals surface area contributed by atoms with Crippen LogP contribution in [-0.2, 0) is 7.05 Å². The van der Waals surface area contributed by atoms with Crippen molar-refractivity contribution in [3.63, 3.8) is 0 Å². The standard InChI is InChI=1S/C15H15ClFN3OS/c1-8-13(14(16)20(2)19-8)15(21)18-11-5-6-22-12-4-3-9(17)7-10(11)12/h3-4,7,11H,5-6H2,1-2H3,(H,18,21)/t11-/m1/s1. The number of nitrogens with one attached hydrogen (secondary N) is 1. The van der Waals surface area contributed by atoms with Gasteiger partial charge in [0.1, 0.15) is 11.0 Å². The molecule has 1 amide bonds. The van der Waals surface area contributed by atoms with E-state index in [2.05, 4.69) is 10.4 Å². The summed E-state index contributed by atoms with van der Waals surface area (Å²) >= 11 is 7.80. The molecule has 0 radical (unpaired) electrons. The van der Waals surface area contributed by atoms with E-state index in [9.17, 15) is 9.18 Å². The number of aromatic nitrogens is 2. The Balaban J connectivity index is 1.88. The summed E-state index contributed by atoms with van der Waals surface area (Å²) in [4.78, 5) is 13.5. The average Bonchev–Trinajstić information content (AvgIpc) is 2.72. The molecular weight excluding hydrogens is 325 g/mol. The van der Waals surface area contributed by atoms with Crippen LogP contribution in [0.1, 0.15) is 34.1 Å². The molecule has 7 heteroatoms. The van der Waals surface area contributed by atoms with Crippen LogP contribution in [0.5, 0.6) is 0 Å². The number of nitrogens with zero attached hydrogens (tertiary/aromatic N) is 2. The molecule has 1 atom stereocenters. The molecule has 0 saturated carbocycles. The van der Waals surface area contributed by atoms with Gasteiger partial charge in [0, 0.05) is 17.7 Å². The molecule has 2 heterocycles. The molecule has 4 nitrogen and oxygen atoms in total. The number of hydrogen-bond donors (Lipinski definition) is 1. The molecule has 22 heavy (non-hydrogen) atoms. The van der Waals surface area contributed by atoms with Crippen molar-refractivity contribution in [1.82, 2.24) is 15.1 Å². The molecule has 0 spiro atoms. The van der Waals surface area contributed by atoms with E-state index < -0.39 is 0 Å². The van der Waals surface area contributed by atoms with Crippen molar-refractivity contribution in [2.24, 2.45) is 7.05 Å². The number of carbonyl (C=O) groups is 1. The van der Waals surface area contributed by atoms with E-state index in [-0.39, 0.29) is 17.8 Å². The average molecular weight is 340 g/mol. The molecular formula is C15H15ClFN3OS. The molecule has 1 aliphatic rings. The van der Waals surface area contributed by atoms with Crippen molar-refractivity contribution < 1.29 is 9.18 Å². The number of carbonyl (C=O) groups excluding carboxylic acids is 1. The fraction of sp³-hybridized carbons (Fsp3) is 0.333. The van der Waals surface area contributed by atoms with Gasteiger partial charge in [-0.05, 0) is 37.1 Å². The maximum absolute atomic E-state index is 13.5. The van der Waals surface area contributed by atoms with Crippen LogP contribution in [0.15, 0.2) is 23.1 Å². The molecule has 2 aromatic rings. The summed E-state index contributed by atoms with van der Waals surface area (Å²) in [7, 11) is 1.69. The number of halogens is 2. The van der Waals surface area contributed by atoms with Gasteiger partial charge < -0.3 is 5.32 Å². The van der Waals surface area contributed by atoms with Gasteiger partial charge in [-0.3, -0.25) is 9.48 Å². The Morgan fingerprint density at radius 1 is 1.55 bits per heavy atom. The zero-order valence-corrected chi connectivity index (χ0v) is 13.8. The highest BCUT2D eigenvalue weighted by Crippen LogP contribution is 2.36. The molecule has 0 bridgehead atoms. The number of amides is 1. The largest absolute Gasteiger partial charge is 0.345 e. The predicted molar refractivity (Wildman–Crippen MR) is 84.9 cm³/mol. The minimum atomic E-state index is -0.295. The van der Waals surface area contributed by atoms with Crippen molar-refractivity contribution in [1.29, 1.82) is 0 Å². The summed E-state index contributed by atoms with van der Waals surface area (Å²) in [6.07, 6.45) is 0.754. The van der Waals surface area contributed by atoms with Crippen molar-refractivity contribution in [3.8, 4) is 0 Å². The van der Waals surface area contributed by atoms with Crippen molar-refractivity contribution >= 4 is 29.3 Å². The Kier molecular flexibility index (Phi) is 4.14. The number of fused-ring (bicyclic) bond motifs is 1. The quantitative estimate of drug-likeness (QED) is 0.911. The summed E-state index contributed by atoms with van der Waals surface area (Å²) in [5.41, 5.74) is 1.78. The van der Waals surface area contributed by atoms with Gasteiger partial charge >= 0.3 is 0 Å². The maximum atomic E-state index is 13.5. The normalized spacial score (nSPS) is 17.2. The van der Waals surface area contributed by atoms with Gasteiger partial charge in [-0.2, -0.15) is 5.10 Å². The smallest absolute Gasteiger partial charge is 0.256 e. The van der Waals surface area contributed by atoms with E-state index >= 15 is 0 Å². The Labute approximate surface area is 137 Å². The van der Waals surface area contributed by atoms with Gasteiger partial charge in [0.25, 0.3) is 5.91 Å². The van der Waals surface area contributed by atoms with Crippen LogP contribution in [-0.4, -0.2) is 21.4 Å². The van der Waals surface area contributed by atoms with Crippen LogP contribution in [0, 0.1) is 12.7 Å². The van der Waals surface area contributed by atoms with Crippen molar-refractivity contribution in [3.05, 3.63) is 46.0 Å². The number of benzene rings is 1. The minimum Gasteiger partial charge on any atom is -0.345 e. The molecule has 0 unspecified atom stereocenters. The Bertz CT molecular complexity index is 747. The minimum absolute atomic E-state index is 0.213. The van der Waals surface area contributed by atoms with Gasteiger partial charge in [0.15, 0.2) is 0 Å². The predicted octanol–water partition coefficient (Wildman–Crippen LogP) is 3.49. The van der Waals surface area contributed by atoms with Crippen LogP contribution in [0.4, 0.5) is 4.39 Å². The zero-order chi connectivity index (χ0) is 15.9. The Morgan fingerprint density at radius 2 is 2.32 bits per heavy atom. The third kappa shape index (κ3) is 2.73. The molecule has 1 aliphatic heterocycles. The zero-order valence-electron chi connectivity index (χ0n) is 12.2. The number of thioether (sulfide) groups is 1. The first kappa shape index (κ1) is 15.4. The lowest BCUT2D eigenvalue weighted by atomic mass is 10.0. The Hall–Kier alpha value is -1.53. The fourth-order valence-corrected chi connectivity index (χ4v) is 4.00. The van der Waals surface area contributed by atoms with E-state index in [1.165, 1.54) is 16.8 Å². The molecule has 0 aliphatic carbocycles. The molecule has 3 rings (SSSR count). The number of rotatable bonds is 2. The third-order valence-electron chi connectivity index (χ3n) is 3.70. The van der Waals surface area contributed by atoms with Crippen LogP contribution >= 0.6 is 23.4 Å². The van der Waals surface area contributed by atoms with Crippen molar-refractivity contribution in [2.75, 3.05) is 5.75 Å². The molecule has 0 fully saturated rings. The highest BCUT2D eigenvalue weighted by Gasteiger charge is 2.26. The lowest BCUT2D eigenvalue weighted by Gasteiger charge is -2.26. The summed E-state index contributed by atoms with van der Waals surface area (Å²) in [5, 5.41) is 7.41. The molecule has 0 saturated heterocycles. The molecule has 1 aromatic carbocycles. The summed E-state index contributed by atoms with van der Waals surface area (Å²) < 4.78 is 15.0. The first-order valence-electron chi connectivity index (χ1n) is 6.89. The lowest BCUT2D eigenvalue weighted by Crippen LogP contribution is -2.31. The van der Waals surface area contributed by atoms with E-state index in [1.54, 1.807) is 31.8 Å². The number of hydrogen-bond acceptors (Lipinski definition) is 3. The van der Waals surface area contributed by atoms with Crippen LogP contribution in [0.2, 0.25) is 5.15 Å². The second kappa shape index (κ2) is 5.93. The first-order valence-corrected chi connectivity index (χ1v) is 8.26. The van der Waals surface area contributed by atoms with Crippen LogP contribution < -0.4 is 5.32 Å². The van der Waals surface area contributed by atoms with Gasteiger partial charge in [-0.25, -0.2) is 4.39 Å². The topological polar surface area (TPSA) is 46.9 Å². The van der Waals surface area contributed by atoms with E-state index in [4.69, 9.17) is 11.6 Å². The number of aryl methyl sites for hydroxylation is 2.